The molecule has 1 aliphatic rings. The lowest BCUT2D eigenvalue weighted by molar-refractivity contribution is -0.385. The number of ether oxygens (including phenoxy) is 1. The molecular formula is C33H39N3O7. The summed E-state index contributed by atoms with van der Waals surface area (Å²) in [7, 11) is 0. The van der Waals surface area contributed by atoms with Crippen LogP contribution in [0.25, 0.3) is 0 Å². The predicted octanol–water partition coefficient (Wildman–Crippen LogP) is 5.25. The van der Waals surface area contributed by atoms with E-state index in [-0.39, 0.29) is 25.1 Å². The van der Waals surface area contributed by atoms with Gasteiger partial charge in [-0.3, -0.25) is 24.7 Å². The Morgan fingerprint density at radius 1 is 0.953 bits per heavy atom. The molecule has 3 N–H and O–H groups in total. The van der Waals surface area contributed by atoms with E-state index in [2.05, 4.69) is 22.4 Å². The molecule has 10 nitrogen and oxygen atoms in total. The maximum Gasteiger partial charge on any atom is 0.311 e. The Morgan fingerprint density at radius 3 is 2.23 bits per heavy atom. The normalized spacial score (nSPS) is 25.2. The van der Waals surface area contributed by atoms with E-state index in [0.29, 0.717) is 18.6 Å². The van der Waals surface area contributed by atoms with Crippen LogP contribution in [0.1, 0.15) is 61.8 Å². The van der Waals surface area contributed by atoms with Gasteiger partial charge in [-0.1, -0.05) is 49.4 Å². The first kappa shape index (κ1) is 31.8. The number of rotatable bonds is 13. The summed E-state index contributed by atoms with van der Waals surface area (Å²) >= 11 is 0. The molecule has 43 heavy (non-hydrogen) atoms. The van der Waals surface area contributed by atoms with Crippen LogP contribution >= 0.6 is 0 Å². The first-order valence-electron chi connectivity index (χ1n) is 14.6. The smallest absolute Gasteiger partial charge is 0.311 e. The number of carboxylic acid groups (broad SMARTS) is 2. The Bertz CT molecular complexity index is 1430. The van der Waals surface area contributed by atoms with Crippen LogP contribution in [-0.4, -0.2) is 57.4 Å². The van der Waals surface area contributed by atoms with Crippen molar-refractivity contribution in [1.82, 2.24) is 10.3 Å². The van der Waals surface area contributed by atoms with E-state index >= 15 is 0 Å². The van der Waals surface area contributed by atoms with Crippen LogP contribution in [0.3, 0.4) is 0 Å². The molecule has 1 fully saturated rings. The lowest BCUT2D eigenvalue weighted by atomic mass is 9.50. The van der Waals surface area contributed by atoms with Crippen LogP contribution in [0.2, 0.25) is 0 Å². The minimum atomic E-state index is -1.61. The highest BCUT2D eigenvalue weighted by molar-refractivity contribution is 5.84. The number of nitrogens with one attached hydrogen (secondary N) is 1. The second-order valence-electron chi connectivity index (χ2n) is 11.4. The van der Waals surface area contributed by atoms with Crippen molar-refractivity contribution in [3.63, 3.8) is 0 Å². The molecule has 1 aromatic heterocycles. The summed E-state index contributed by atoms with van der Waals surface area (Å²) in [5.41, 5.74) is 0.349. The summed E-state index contributed by atoms with van der Waals surface area (Å²) in [4.78, 5) is 41.5. The van der Waals surface area contributed by atoms with Crippen LogP contribution in [0.4, 0.5) is 5.69 Å². The van der Waals surface area contributed by atoms with E-state index in [1.807, 2.05) is 30.5 Å². The number of hydrogen-bond acceptors (Lipinski definition) is 7. The summed E-state index contributed by atoms with van der Waals surface area (Å²) in [6.45, 7) is 5.63. The van der Waals surface area contributed by atoms with Gasteiger partial charge in [0, 0.05) is 49.1 Å². The van der Waals surface area contributed by atoms with Crippen LogP contribution in [0.15, 0.2) is 73.1 Å². The number of non-ortho nitro benzene ring substituents is 1. The lowest BCUT2D eigenvalue weighted by Gasteiger charge is -2.57. The van der Waals surface area contributed by atoms with Crippen molar-refractivity contribution < 1.29 is 29.5 Å². The fourth-order valence-electron chi connectivity index (χ4n) is 6.89. The molecule has 228 valence electrons. The van der Waals surface area contributed by atoms with Crippen molar-refractivity contribution in [2.45, 2.75) is 64.5 Å². The molecule has 10 heteroatoms. The minimum Gasteiger partial charge on any atom is -0.481 e. The van der Waals surface area contributed by atoms with Crippen molar-refractivity contribution in [2.75, 3.05) is 13.2 Å². The average molecular weight is 590 g/mol. The Balaban J connectivity index is 1.54. The van der Waals surface area contributed by atoms with Gasteiger partial charge in [0.2, 0.25) is 0 Å². The van der Waals surface area contributed by atoms with E-state index in [1.54, 1.807) is 33.0 Å². The van der Waals surface area contributed by atoms with Crippen molar-refractivity contribution in [2.24, 2.45) is 10.8 Å². The van der Waals surface area contributed by atoms with Gasteiger partial charge in [0.1, 0.15) is 0 Å². The van der Waals surface area contributed by atoms with Gasteiger partial charge in [-0.2, -0.15) is 0 Å². The SMILES string of the molecule is CCC1(C(=O)O)C(C)NC(C)C(CCOCCc2ccc(Cc3cccnc3)cc2)(C(=O)O)C1c1cccc([N+](=O)[O-])c1. The van der Waals surface area contributed by atoms with Crippen molar-refractivity contribution >= 4 is 17.6 Å². The lowest BCUT2D eigenvalue weighted by Crippen LogP contribution is -2.69. The molecule has 2 heterocycles. The zero-order chi connectivity index (χ0) is 31.2. The molecule has 0 spiro atoms. The van der Waals surface area contributed by atoms with Gasteiger partial charge in [0.05, 0.1) is 22.4 Å². The van der Waals surface area contributed by atoms with Gasteiger partial charge < -0.3 is 20.3 Å². The Hall–Kier alpha value is -4.15. The second-order valence-corrected chi connectivity index (χ2v) is 11.4. The molecule has 0 bridgehead atoms. The zero-order valence-electron chi connectivity index (χ0n) is 24.7. The maximum absolute atomic E-state index is 13.2. The monoisotopic (exact) mass is 589 g/mol. The van der Waals surface area contributed by atoms with Gasteiger partial charge in [-0.05, 0) is 67.9 Å². The van der Waals surface area contributed by atoms with Gasteiger partial charge in [0.25, 0.3) is 5.69 Å². The van der Waals surface area contributed by atoms with E-state index in [4.69, 9.17) is 4.74 Å². The first-order chi connectivity index (χ1) is 20.6. The van der Waals surface area contributed by atoms with Gasteiger partial charge >= 0.3 is 11.9 Å². The van der Waals surface area contributed by atoms with Crippen LogP contribution < -0.4 is 5.32 Å². The first-order valence-corrected chi connectivity index (χ1v) is 14.6. The third kappa shape index (κ3) is 6.30. The van der Waals surface area contributed by atoms with Crippen molar-refractivity contribution in [1.29, 1.82) is 0 Å². The van der Waals surface area contributed by atoms with Crippen LogP contribution in [-0.2, 0) is 27.2 Å². The predicted molar refractivity (Wildman–Crippen MR) is 161 cm³/mol. The third-order valence-electron chi connectivity index (χ3n) is 9.22. The number of benzene rings is 2. The zero-order valence-corrected chi connectivity index (χ0v) is 24.7. The molecule has 0 radical (unpaired) electrons. The molecule has 0 aliphatic carbocycles. The Labute approximate surface area is 251 Å². The number of hydrogen-bond donors (Lipinski definition) is 3. The largest absolute Gasteiger partial charge is 0.481 e. The maximum atomic E-state index is 13.2. The summed E-state index contributed by atoms with van der Waals surface area (Å²) in [5.74, 6) is -3.36. The summed E-state index contributed by atoms with van der Waals surface area (Å²) in [6, 6.07) is 16.7. The van der Waals surface area contributed by atoms with Gasteiger partial charge in [0.15, 0.2) is 0 Å². The summed E-state index contributed by atoms with van der Waals surface area (Å²) in [5, 5.41) is 36.3. The number of aromatic nitrogens is 1. The number of nitro groups is 1. The molecule has 2 aromatic carbocycles. The molecule has 1 aliphatic heterocycles. The number of nitro benzene ring substituents is 1. The van der Waals surface area contributed by atoms with Crippen LogP contribution in [0, 0.1) is 20.9 Å². The number of pyridine rings is 1. The van der Waals surface area contributed by atoms with Crippen LogP contribution in [0.5, 0.6) is 0 Å². The number of aliphatic carboxylic acids is 2. The molecule has 4 rings (SSSR count). The molecule has 1 saturated heterocycles. The number of carbonyl (C=O) groups is 2. The topological polar surface area (TPSA) is 152 Å². The van der Waals surface area contributed by atoms with Crippen molar-refractivity contribution in [3.8, 4) is 0 Å². The van der Waals surface area contributed by atoms with Crippen molar-refractivity contribution in [3.05, 3.63) is 105 Å². The number of piperidine rings is 1. The highest BCUT2D eigenvalue weighted by atomic mass is 16.6. The average Bonchev–Trinajstić information content (AvgIpc) is 2.99. The highest BCUT2D eigenvalue weighted by Crippen LogP contribution is 2.58. The quantitative estimate of drug-likeness (QED) is 0.138. The highest BCUT2D eigenvalue weighted by Gasteiger charge is 2.66. The summed E-state index contributed by atoms with van der Waals surface area (Å²) in [6.07, 6.45) is 5.16. The summed E-state index contributed by atoms with van der Waals surface area (Å²) < 4.78 is 5.97. The molecule has 0 saturated carbocycles. The molecule has 0 amide bonds. The Morgan fingerprint density at radius 2 is 1.63 bits per heavy atom. The molecular weight excluding hydrogens is 550 g/mol. The molecule has 5 atom stereocenters. The second kappa shape index (κ2) is 13.4. The standard InChI is InChI=1S/C33H39N3O7/c1-4-32(30(37)38)22(2)35-23(3)33(31(39)40,29(32)27-8-5-9-28(20-27)36(41)42)15-18-43-17-14-24-10-12-25(13-11-24)19-26-7-6-16-34-21-26/h5-13,16,20-23,29,35H,4,14-15,17-19H2,1-3H3,(H,37,38)(H,39,40). The fraction of sp³-hybridized carbons (Fsp3) is 0.424. The third-order valence-corrected chi connectivity index (χ3v) is 9.22. The van der Waals surface area contributed by atoms with E-state index in [9.17, 15) is 29.9 Å². The minimum absolute atomic E-state index is 0.0235. The molecule has 5 unspecified atom stereocenters. The number of carboxylic acids is 2. The molecule has 3 aromatic rings. The van der Waals surface area contributed by atoms with E-state index in [0.717, 1.165) is 17.5 Å². The van der Waals surface area contributed by atoms with Gasteiger partial charge in [-0.15, -0.1) is 0 Å². The number of nitrogens with zero attached hydrogens (tertiary/aromatic N) is 2. The van der Waals surface area contributed by atoms with E-state index < -0.39 is 45.7 Å². The Kier molecular flexibility index (Phi) is 9.93. The van der Waals surface area contributed by atoms with Gasteiger partial charge in [-0.25, -0.2) is 0 Å². The fourth-order valence-corrected chi connectivity index (χ4v) is 6.89. The van der Waals surface area contributed by atoms with E-state index in [1.165, 1.54) is 23.8 Å².